The topological polar surface area (TPSA) is 45.5 Å². The summed E-state index contributed by atoms with van der Waals surface area (Å²) in [5.41, 5.74) is 3.67. The lowest BCUT2D eigenvalue weighted by molar-refractivity contribution is 0.230. The van der Waals surface area contributed by atoms with Gasteiger partial charge in [0.05, 0.1) is 5.56 Å². The molecule has 112 valence electrons. The maximum Gasteiger partial charge on any atom is 0.341 e. The highest BCUT2D eigenvalue weighted by Crippen LogP contribution is 2.25. The summed E-state index contributed by atoms with van der Waals surface area (Å²) in [4.78, 5) is 14.6. The summed E-state index contributed by atoms with van der Waals surface area (Å²) in [7, 11) is 1.97. The van der Waals surface area contributed by atoms with Crippen LogP contribution in [-0.4, -0.2) is 31.1 Å². The van der Waals surface area contributed by atoms with E-state index in [1.54, 1.807) is 0 Å². The van der Waals surface area contributed by atoms with E-state index in [2.05, 4.69) is 29.3 Å². The van der Waals surface area contributed by atoms with Crippen molar-refractivity contribution in [1.29, 1.82) is 0 Å². The quantitative estimate of drug-likeness (QED) is 0.877. The molecule has 1 aromatic heterocycles. The molecule has 21 heavy (non-hydrogen) atoms. The van der Waals surface area contributed by atoms with Crippen molar-refractivity contribution in [3.8, 4) is 0 Å². The molecule has 1 unspecified atom stereocenters. The number of nitrogens with one attached hydrogen (secondary N) is 1. The number of benzene rings is 1. The first kappa shape index (κ1) is 14.3. The van der Waals surface area contributed by atoms with Crippen LogP contribution >= 0.6 is 0 Å². The van der Waals surface area contributed by atoms with Crippen molar-refractivity contribution >= 4 is 11.0 Å². The number of rotatable bonds is 3. The van der Waals surface area contributed by atoms with Crippen LogP contribution < -0.4 is 10.9 Å². The molecule has 0 saturated heterocycles. The molecule has 0 amide bonds. The van der Waals surface area contributed by atoms with E-state index in [-0.39, 0.29) is 5.63 Å². The molecule has 0 bridgehead atoms. The molecule has 1 aliphatic rings. The Morgan fingerprint density at radius 1 is 1.38 bits per heavy atom. The van der Waals surface area contributed by atoms with Gasteiger partial charge in [-0.15, -0.1) is 0 Å². The second kappa shape index (κ2) is 5.62. The zero-order valence-electron chi connectivity index (χ0n) is 12.9. The van der Waals surface area contributed by atoms with Crippen molar-refractivity contribution in [1.82, 2.24) is 10.2 Å². The lowest BCUT2D eigenvalue weighted by Crippen LogP contribution is -2.41. The Morgan fingerprint density at radius 2 is 2.19 bits per heavy atom. The summed E-state index contributed by atoms with van der Waals surface area (Å²) in [5.74, 6) is 0. The number of aryl methyl sites for hydroxylation is 1. The molecule has 0 fully saturated rings. The molecule has 3 rings (SSSR count). The minimum absolute atomic E-state index is 0.176. The minimum atomic E-state index is -0.176. The molecular formula is C17H22N2O2. The van der Waals surface area contributed by atoms with Crippen LogP contribution in [0.25, 0.3) is 11.0 Å². The predicted molar refractivity (Wildman–Crippen MR) is 84.7 cm³/mol. The van der Waals surface area contributed by atoms with Crippen LogP contribution in [0, 0.1) is 6.92 Å². The summed E-state index contributed by atoms with van der Waals surface area (Å²) in [6.45, 7) is 6.79. The Bertz CT molecular complexity index is 721. The molecule has 4 nitrogen and oxygen atoms in total. The zero-order chi connectivity index (χ0) is 15.0. The van der Waals surface area contributed by atoms with Crippen molar-refractivity contribution in [2.24, 2.45) is 0 Å². The van der Waals surface area contributed by atoms with Gasteiger partial charge in [-0.1, -0.05) is 12.1 Å². The van der Waals surface area contributed by atoms with Gasteiger partial charge in [0.2, 0.25) is 0 Å². The third-order valence-corrected chi connectivity index (χ3v) is 4.36. The summed E-state index contributed by atoms with van der Waals surface area (Å²) >= 11 is 0. The van der Waals surface area contributed by atoms with E-state index >= 15 is 0 Å². The highest BCUT2D eigenvalue weighted by molar-refractivity contribution is 5.82. The molecule has 1 aromatic carbocycles. The standard InChI is InChI=1S/C17H22N2O2/c1-11-4-5-14-13-6-7-19(9-12(2)18-3)10-15(13)17(20)21-16(14)8-11/h4-5,8,12,18H,6-7,9-10H2,1-3H3. The largest absolute Gasteiger partial charge is 0.422 e. The van der Waals surface area contributed by atoms with Crippen molar-refractivity contribution in [2.45, 2.75) is 32.9 Å². The maximum absolute atomic E-state index is 12.3. The van der Waals surface area contributed by atoms with E-state index in [0.717, 1.165) is 41.6 Å². The Morgan fingerprint density at radius 3 is 2.95 bits per heavy atom. The van der Waals surface area contributed by atoms with E-state index in [4.69, 9.17) is 4.42 Å². The molecule has 2 aromatic rings. The molecule has 0 saturated carbocycles. The van der Waals surface area contributed by atoms with Gasteiger partial charge < -0.3 is 9.73 Å². The lowest BCUT2D eigenvalue weighted by atomic mass is 9.96. The monoisotopic (exact) mass is 286 g/mol. The van der Waals surface area contributed by atoms with E-state index < -0.39 is 0 Å². The average molecular weight is 286 g/mol. The highest BCUT2D eigenvalue weighted by Gasteiger charge is 2.23. The summed E-state index contributed by atoms with van der Waals surface area (Å²) in [5, 5.41) is 4.34. The third-order valence-electron chi connectivity index (χ3n) is 4.36. The zero-order valence-corrected chi connectivity index (χ0v) is 12.9. The van der Waals surface area contributed by atoms with E-state index in [1.165, 1.54) is 5.56 Å². The van der Waals surface area contributed by atoms with Gasteiger partial charge in [-0.3, -0.25) is 4.90 Å². The van der Waals surface area contributed by atoms with Crippen molar-refractivity contribution in [3.05, 3.63) is 45.3 Å². The molecule has 2 heterocycles. The van der Waals surface area contributed by atoms with Gasteiger partial charge in [-0.25, -0.2) is 4.79 Å². The fraction of sp³-hybridized carbons (Fsp3) is 0.471. The number of fused-ring (bicyclic) bond motifs is 3. The third kappa shape index (κ3) is 2.74. The predicted octanol–water partition coefficient (Wildman–Crippen LogP) is 2.07. The molecule has 1 N–H and O–H groups in total. The average Bonchev–Trinajstić information content (AvgIpc) is 2.47. The molecule has 0 aliphatic carbocycles. The first-order chi connectivity index (χ1) is 10.1. The summed E-state index contributed by atoms with van der Waals surface area (Å²) in [6, 6.07) is 6.53. The van der Waals surface area contributed by atoms with Gasteiger partial charge in [0.25, 0.3) is 0 Å². The fourth-order valence-electron chi connectivity index (χ4n) is 3.06. The van der Waals surface area contributed by atoms with Gasteiger partial charge in [0.15, 0.2) is 0 Å². The number of hydrogen-bond donors (Lipinski definition) is 1. The maximum atomic E-state index is 12.3. The Labute approximate surface area is 124 Å². The van der Waals surface area contributed by atoms with Crippen LogP contribution in [0.4, 0.5) is 0 Å². The molecule has 0 spiro atoms. The van der Waals surface area contributed by atoms with Crippen LogP contribution in [0.5, 0.6) is 0 Å². The van der Waals surface area contributed by atoms with Gasteiger partial charge in [0, 0.05) is 31.1 Å². The number of hydrogen-bond acceptors (Lipinski definition) is 4. The van der Waals surface area contributed by atoms with Crippen LogP contribution in [0.2, 0.25) is 0 Å². The van der Waals surface area contributed by atoms with Gasteiger partial charge in [0.1, 0.15) is 5.58 Å². The van der Waals surface area contributed by atoms with Crippen LogP contribution in [0.1, 0.15) is 23.6 Å². The normalized spacial score (nSPS) is 16.9. The first-order valence-electron chi connectivity index (χ1n) is 7.53. The summed E-state index contributed by atoms with van der Waals surface area (Å²) in [6.07, 6.45) is 0.914. The van der Waals surface area contributed by atoms with Crippen molar-refractivity contribution in [2.75, 3.05) is 20.1 Å². The Hall–Kier alpha value is -1.65. The minimum Gasteiger partial charge on any atom is -0.422 e. The number of nitrogens with zero attached hydrogens (tertiary/aromatic N) is 1. The highest BCUT2D eigenvalue weighted by atomic mass is 16.4. The molecule has 4 heteroatoms. The fourth-order valence-corrected chi connectivity index (χ4v) is 3.06. The van der Waals surface area contributed by atoms with Crippen molar-refractivity contribution < 1.29 is 4.42 Å². The lowest BCUT2D eigenvalue weighted by Gasteiger charge is -2.30. The molecule has 0 radical (unpaired) electrons. The molecule has 1 atom stereocenters. The molecular weight excluding hydrogens is 264 g/mol. The van der Waals surface area contributed by atoms with Gasteiger partial charge in [-0.05, 0) is 44.5 Å². The molecule has 1 aliphatic heterocycles. The van der Waals surface area contributed by atoms with Crippen LogP contribution in [0.15, 0.2) is 27.4 Å². The SMILES string of the molecule is CNC(C)CN1CCc2c(c(=O)oc3cc(C)ccc23)C1. The van der Waals surface area contributed by atoms with E-state index in [0.29, 0.717) is 12.6 Å². The smallest absolute Gasteiger partial charge is 0.341 e. The van der Waals surface area contributed by atoms with E-state index in [1.807, 2.05) is 20.0 Å². The first-order valence-corrected chi connectivity index (χ1v) is 7.53. The second-order valence-electron chi connectivity index (χ2n) is 6.02. The number of likely N-dealkylation sites (N-methyl/N-ethyl adjacent to an activating group) is 1. The van der Waals surface area contributed by atoms with Crippen LogP contribution in [0.3, 0.4) is 0 Å². The summed E-state index contributed by atoms with van der Waals surface area (Å²) < 4.78 is 5.52. The van der Waals surface area contributed by atoms with Gasteiger partial charge >= 0.3 is 5.63 Å². The second-order valence-corrected chi connectivity index (χ2v) is 6.02. The van der Waals surface area contributed by atoms with Crippen LogP contribution in [-0.2, 0) is 13.0 Å². The van der Waals surface area contributed by atoms with Gasteiger partial charge in [-0.2, -0.15) is 0 Å². The van der Waals surface area contributed by atoms with Crippen molar-refractivity contribution in [3.63, 3.8) is 0 Å². The van der Waals surface area contributed by atoms with E-state index in [9.17, 15) is 4.79 Å². The Kier molecular flexibility index (Phi) is 3.83. The Balaban J connectivity index is 2.00.